The van der Waals surface area contributed by atoms with Gasteiger partial charge in [0.15, 0.2) is 24.3 Å². The lowest BCUT2D eigenvalue weighted by Gasteiger charge is -2.25. The van der Waals surface area contributed by atoms with Crippen LogP contribution in [0.3, 0.4) is 0 Å². The minimum atomic E-state index is -3.84. The second-order valence-corrected chi connectivity index (χ2v) is 11.5. The number of nitrogens with zero attached hydrogens (tertiary/aromatic N) is 1. The first-order chi connectivity index (χ1) is 17.5. The van der Waals surface area contributed by atoms with Crippen molar-refractivity contribution >= 4 is 19.5 Å². The summed E-state index contributed by atoms with van der Waals surface area (Å²) < 4.78 is 50.4. The van der Waals surface area contributed by atoms with Crippen LogP contribution in [0.25, 0.3) is 0 Å². The van der Waals surface area contributed by atoms with Crippen molar-refractivity contribution in [3.8, 4) is 5.75 Å². The maximum absolute atomic E-state index is 13.8. The minimum absolute atomic E-state index is 0.162. The molecule has 37 heavy (non-hydrogen) atoms. The molecule has 11 nitrogen and oxygen atoms in total. The molecule has 200 valence electrons. The monoisotopic (exact) mass is 535 g/mol. The molecule has 0 aliphatic carbocycles. The van der Waals surface area contributed by atoms with E-state index >= 15 is 0 Å². The molecule has 3 heterocycles. The number of methoxy groups -OCH3 is 1. The highest BCUT2D eigenvalue weighted by molar-refractivity contribution is 7.54. The van der Waals surface area contributed by atoms with Gasteiger partial charge in [-0.3, -0.25) is 14.1 Å². The fourth-order valence-electron chi connectivity index (χ4n) is 4.39. The van der Waals surface area contributed by atoms with Crippen molar-refractivity contribution in [3.63, 3.8) is 0 Å². The van der Waals surface area contributed by atoms with Crippen LogP contribution in [0.1, 0.15) is 37.4 Å². The molecule has 1 amide bonds. The van der Waals surface area contributed by atoms with Gasteiger partial charge in [-0.1, -0.05) is 25.1 Å². The minimum Gasteiger partial charge on any atom is -0.469 e. The van der Waals surface area contributed by atoms with Gasteiger partial charge < -0.3 is 29.2 Å². The summed E-state index contributed by atoms with van der Waals surface area (Å²) in [6.07, 6.45) is 0.646. The molecule has 0 spiro atoms. The number of esters is 1. The van der Waals surface area contributed by atoms with E-state index in [-0.39, 0.29) is 12.8 Å². The zero-order valence-electron chi connectivity index (χ0n) is 21.1. The van der Waals surface area contributed by atoms with Crippen molar-refractivity contribution in [1.82, 2.24) is 0 Å². The summed E-state index contributed by atoms with van der Waals surface area (Å²) in [5.41, 5.74) is 5.75. The Morgan fingerprint density at radius 2 is 1.84 bits per heavy atom. The number of aromatic nitrogens is 1. The van der Waals surface area contributed by atoms with Gasteiger partial charge in [0.05, 0.1) is 25.8 Å². The van der Waals surface area contributed by atoms with Gasteiger partial charge in [0.2, 0.25) is 0 Å². The molecule has 0 radical (unpaired) electrons. The molecule has 12 heteroatoms. The Bertz CT molecular complexity index is 1180. The Hall–Kier alpha value is -2.82. The average molecular weight is 536 g/mol. The summed E-state index contributed by atoms with van der Waals surface area (Å²) in [5, 5.41) is 0. The number of nitrogens with two attached hydrogens (primary N) is 1. The van der Waals surface area contributed by atoms with E-state index in [1.54, 1.807) is 80.2 Å². The van der Waals surface area contributed by atoms with E-state index in [2.05, 4.69) is 0 Å². The zero-order valence-corrected chi connectivity index (χ0v) is 22.0. The number of fused-ring (bicyclic) bond motifs is 1. The SMILES string of the molecule is COC(=O)[C@H](C)CP(=O)(OC[C@H]1O[C@@H]([n+]2cccc(C(N)=O)c2)C2OC(C)(C)O[C@H]21)Oc1ccccc1. The maximum Gasteiger partial charge on any atom is 0.380 e. The van der Waals surface area contributed by atoms with E-state index in [9.17, 15) is 14.2 Å². The van der Waals surface area contributed by atoms with Crippen LogP contribution in [-0.4, -0.2) is 55.9 Å². The Balaban J connectivity index is 1.55. The van der Waals surface area contributed by atoms with Crippen LogP contribution in [0, 0.1) is 5.92 Å². The molecular weight excluding hydrogens is 503 g/mol. The highest BCUT2D eigenvalue weighted by atomic mass is 31.2. The lowest BCUT2D eigenvalue weighted by molar-refractivity contribution is -0.766. The Morgan fingerprint density at radius 3 is 2.51 bits per heavy atom. The van der Waals surface area contributed by atoms with Crippen LogP contribution in [-0.2, 0) is 32.8 Å². The normalized spacial score (nSPS) is 26.6. The van der Waals surface area contributed by atoms with Gasteiger partial charge in [-0.2, -0.15) is 4.57 Å². The van der Waals surface area contributed by atoms with Crippen molar-refractivity contribution in [2.45, 2.75) is 51.1 Å². The van der Waals surface area contributed by atoms with Gasteiger partial charge in [-0.15, -0.1) is 0 Å². The molecule has 4 rings (SSSR count). The third-order valence-electron chi connectivity index (χ3n) is 6.05. The fourth-order valence-corrected chi connectivity index (χ4v) is 6.26. The van der Waals surface area contributed by atoms with E-state index in [1.165, 1.54) is 7.11 Å². The molecule has 2 aliphatic heterocycles. The van der Waals surface area contributed by atoms with Gasteiger partial charge in [-0.25, -0.2) is 4.57 Å². The molecule has 0 saturated carbocycles. The number of rotatable bonds is 10. The predicted octanol–water partition coefficient (Wildman–Crippen LogP) is 2.59. The number of primary amides is 1. The Morgan fingerprint density at radius 1 is 1.14 bits per heavy atom. The molecule has 2 N–H and O–H groups in total. The zero-order chi connectivity index (χ0) is 26.8. The maximum atomic E-state index is 13.8. The largest absolute Gasteiger partial charge is 0.469 e. The van der Waals surface area contributed by atoms with Crippen molar-refractivity contribution in [3.05, 3.63) is 60.4 Å². The Labute approximate surface area is 215 Å². The fraction of sp³-hybridized carbons (Fsp3) is 0.480. The van der Waals surface area contributed by atoms with E-state index < -0.39 is 55.7 Å². The molecule has 2 fully saturated rings. The second-order valence-electron chi connectivity index (χ2n) is 9.45. The van der Waals surface area contributed by atoms with Crippen molar-refractivity contribution in [1.29, 1.82) is 0 Å². The highest BCUT2D eigenvalue weighted by Crippen LogP contribution is 2.51. The summed E-state index contributed by atoms with van der Waals surface area (Å²) in [4.78, 5) is 23.7. The number of amides is 1. The molecule has 2 unspecified atom stereocenters. The summed E-state index contributed by atoms with van der Waals surface area (Å²) in [6.45, 7) is 5.00. The molecule has 0 bridgehead atoms. The van der Waals surface area contributed by atoms with E-state index in [4.69, 9.17) is 33.7 Å². The number of pyridine rings is 1. The van der Waals surface area contributed by atoms with E-state index in [0.717, 1.165) is 0 Å². The summed E-state index contributed by atoms with van der Waals surface area (Å²) in [7, 11) is -2.58. The van der Waals surface area contributed by atoms with E-state index in [1.807, 2.05) is 0 Å². The second kappa shape index (κ2) is 10.9. The van der Waals surface area contributed by atoms with Crippen LogP contribution in [0.2, 0.25) is 0 Å². The van der Waals surface area contributed by atoms with Crippen LogP contribution in [0.15, 0.2) is 54.9 Å². The summed E-state index contributed by atoms with van der Waals surface area (Å²) in [6, 6.07) is 11.8. The van der Waals surface area contributed by atoms with E-state index in [0.29, 0.717) is 11.3 Å². The van der Waals surface area contributed by atoms with Crippen molar-refractivity contribution < 1.29 is 46.7 Å². The average Bonchev–Trinajstić information content (AvgIpc) is 3.35. The van der Waals surface area contributed by atoms with Gasteiger partial charge in [-0.05, 0) is 32.0 Å². The number of ether oxygens (including phenoxy) is 4. The van der Waals surface area contributed by atoms with Gasteiger partial charge in [0, 0.05) is 6.07 Å². The summed E-state index contributed by atoms with van der Waals surface area (Å²) in [5.74, 6) is -2.40. The van der Waals surface area contributed by atoms with Gasteiger partial charge in [0.1, 0.15) is 23.5 Å². The first-order valence-corrected chi connectivity index (χ1v) is 13.6. The van der Waals surface area contributed by atoms with Crippen LogP contribution in [0.4, 0.5) is 0 Å². The molecule has 2 saturated heterocycles. The van der Waals surface area contributed by atoms with Crippen molar-refractivity contribution in [2.75, 3.05) is 19.9 Å². The predicted molar refractivity (Wildman–Crippen MR) is 130 cm³/mol. The van der Waals surface area contributed by atoms with Gasteiger partial charge >= 0.3 is 13.6 Å². The first kappa shape index (κ1) is 27.2. The Kier molecular flexibility index (Phi) is 8.01. The van der Waals surface area contributed by atoms with Crippen molar-refractivity contribution in [2.24, 2.45) is 11.7 Å². The number of hydrogen-bond acceptors (Lipinski definition) is 9. The molecular formula is C25H32N2O9P+. The molecule has 2 aromatic rings. The topological polar surface area (TPSA) is 136 Å². The van der Waals surface area contributed by atoms with Gasteiger partial charge in [0.25, 0.3) is 12.1 Å². The number of para-hydroxylation sites is 1. The number of carbonyl (C=O) groups excluding carboxylic acids is 2. The standard InChI is InChI=1S/C25H31N2O9P/c1-16(24(29)31-4)15-37(30,36-18-10-6-5-7-11-18)32-14-19-20-21(35-25(2,3)34-20)23(33-19)27-12-8-9-17(13-27)22(26)28/h5-13,16,19-21,23H,14-15H2,1-4H3,(H-,26,28)/p+1/t16-,19-,20+,21?,23-,37?/m1/s1. The van der Waals surface area contributed by atoms with Crippen LogP contribution in [0.5, 0.6) is 5.75 Å². The molecule has 1 aromatic heterocycles. The molecule has 2 aliphatic rings. The smallest absolute Gasteiger partial charge is 0.380 e. The third kappa shape index (κ3) is 6.37. The lowest BCUT2D eigenvalue weighted by atomic mass is 10.1. The van der Waals surface area contributed by atoms with Crippen LogP contribution < -0.4 is 14.8 Å². The number of benzene rings is 1. The summed E-state index contributed by atoms with van der Waals surface area (Å²) >= 11 is 0. The highest BCUT2D eigenvalue weighted by Gasteiger charge is 2.59. The first-order valence-electron chi connectivity index (χ1n) is 11.9. The van der Waals surface area contributed by atoms with Crippen LogP contribution >= 0.6 is 7.60 Å². The molecule has 6 atom stereocenters. The number of carbonyl (C=O) groups is 2. The third-order valence-corrected chi connectivity index (χ3v) is 8.08. The quantitative estimate of drug-likeness (QED) is 0.277. The molecule has 1 aromatic carbocycles. The lowest BCUT2D eigenvalue weighted by Crippen LogP contribution is -2.46. The number of hydrogen-bond donors (Lipinski definition) is 1.